The Kier molecular flexibility index (Phi) is 6.97. The number of carbonyl (C=O) groups excluding carboxylic acids is 1. The van der Waals surface area contributed by atoms with Crippen LogP contribution < -0.4 is 0 Å². The number of rotatable bonds is 5. The maximum atomic E-state index is 13.0. The van der Waals surface area contributed by atoms with Gasteiger partial charge in [0.15, 0.2) is 0 Å². The van der Waals surface area contributed by atoms with Crippen LogP contribution >= 0.6 is 11.5 Å². The quantitative estimate of drug-likeness (QED) is 0.814. The Balaban J connectivity index is 1.65. The maximum absolute atomic E-state index is 13.0. The SMILES string of the molecule is CCc1nnsc1C(=O)N1C[C@@H](CN2CCCN(C)CC2)C[C@H](CO)C1. The van der Waals surface area contributed by atoms with Gasteiger partial charge in [0, 0.05) is 39.3 Å². The van der Waals surface area contributed by atoms with Gasteiger partial charge in [0.2, 0.25) is 0 Å². The van der Waals surface area contributed by atoms with Crippen LogP contribution in [0.3, 0.4) is 0 Å². The lowest BCUT2D eigenvalue weighted by Gasteiger charge is -2.39. The summed E-state index contributed by atoms with van der Waals surface area (Å²) in [5.74, 6) is 0.619. The van der Waals surface area contributed by atoms with Gasteiger partial charge in [-0.05, 0) is 62.8 Å². The number of likely N-dealkylation sites (tertiary alicyclic amines) is 1. The third-order valence-corrected chi connectivity index (χ3v) is 6.34. The standard InChI is InChI=1S/C18H31N5O2S/c1-3-16-17(26-20-19-16)18(25)23-11-14(9-15(12-23)13-24)10-22-6-4-5-21(2)7-8-22/h14-15,24H,3-13H2,1-2H3/t14-,15+/m1/s1. The number of hydrogen-bond donors (Lipinski definition) is 1. The van der Waals surface area contributed by atoms with Crippen LogP contribution in [0, 0.1) is 11.8 Å². The molecule has 7 nitrogen and oxygen atoms in total. The largest absolute Gasteiger partial charge is 0.396 e. The Morgan fingerprint density at radius 3 is 2.81 bits per heavy atom. The molecule has 0 unspecified atom stereocenters. The average molecular weight is 382 g/mol. The van der Waals surface area contributed by atoms with Crippen LogP contribution in [0.1, 0.15) is 35.1 Å². The minimum Gasteiger partial charge on any atom is -0.396 e. The van der Waals surface area contributed by atoms with Crippen molar-refractivity contribution >= 4 is 17.4 Å². The highest BCUT2D eigenvalue weighted by Gasteiger charge is 2.33. The first-order chi connectivity index (χ1) is 12.6. The molecule has 0 radical (unpaired) electrons. The summed E-state index contributed by atoms with van der Waals surface area (Å²) < 4.78 is 3.96. The number of aliphatic hydroxyl groups is 1. The predicted octanol–water partition coefficient (Wildman–Crippen LogP) is 0.809. The molecule has 1 amide bonds. The number of hydrogen-bond acceptors (Lipinski definition) is 7. The minimum absolute atomic E-state index is 0.0376. The van der Waals surface area contributed by atoms with Crippen molar-refractivity contribution in [2.75, 3.05) is 59.5 Å². The van der Waals surface area contributed by atoms with Crippen molar-refractivity contribution in [2.24, 2.45) is 11.8 Å². The Bertz CT molecular complexity index is 596. The zero-order valence-corrected chi connectivity index (χ0v) is 16.7. The molecule has 3 rings (SSSR count). The molecule has 0 aliphatic carbocycles. The van der Waals surface area contributed by atoms with Crippen LogP contribution in [0.4, 0.5) is 0 Å². The maximum Gasteiger partial charge on any atom is 0.267 e. The van der Waals surface area contributed by atoms with Gasteiger partial charge >= 0.3 is 0 Å². The van der Waals surface area contributed by atoms with Gasteiger partial charge in [0.05, 0.1) is 5.69 Å². The smallest absolute Gasteiger partial charge is 0.267 e. The van der Waals surface area contributed by atoms with Gasteiger partial charge in [-0.1, -0.05) is 11.4 Å². The molecule has 3 heterocycles. The summed E-state index contributed by atoms with van der Waals surface area (Å²) in [5.41, 5.74) is 0.790. The zero-order chi connectivity index (χ0) is 18.5. The van der Waals surface area contributed by atoms with Gasteiger partial charge in [-0.15, -0.1) is 5.10 Å². The van der Waals surface area contributed by atoms with E-state index < -0.39 is 0 Å². The fourth-order valence-corrected chi connectivity index (χ4v) is 4.86. The molecule has 0 spiro atoms. The Morgan fingerprint density at radius 1 is 1.23 bits per heavy atom. The topological polar surface area (TPSA) is 72.8 Å². The van der Waals surface area contributed by atoms with Crippen LogP contribution in [0.5, 0.6) is 0 Å². The number of carbonyl (C=O) groups is 1. The van der Waals surface area contributed by atoms with Crippen LogP contribution in [-0.2, 0) is 6.42 Å². The summed E-state index contributed by atoms with van der Waals surface area (Å²) in [6.45, 7) is 9.02. The second-order valence-electron chi connectivity index (χ2n) is 7.72. The Labute approximate surface area is 160 Å². The molecule has 8 heteroatoms. The molecule has 2 fully saturated rings. The van der Waals surface area contributed by atoms with Gasteiger partial charge in [0.25, 0.3) is 5.91 Å². The molecule has 1 aromatic rings. The van der Waals surface area contributed by atoms with Gasteiger partial charge in [-0.3, -0.25) is 4.79 Å². The highest BCUT2D eigenvalue weighted by atomic mass is 32.1. The summed E-state index contributed by atoms with van der Waals surface area (Å²) in [6.07, 6.45) is 2.91. The molecule has 0 aromatic carbocycles. The van der Waals surface area contributed by atoms with Gasteiger partial charge < -0.3 is 19.8 Å². The molecular formula is C18H31N5O2S. The summed E-state index contributed by atoms with van der Waals surface area (Å²) in [7, 11) is 2.18. The third kappa shape index (κ3) is 4.79. The fraction of sp³-hybridized carbons (Fsp3) is 0.833. The number of piperidine rings is 1. The van der Waals surface area contributed by atoms with E-state index in [2.05, 4.69) is 26.4 Å². The normalized spacial score (nSPS) is 26.0. The number of nitrogens with zero attached hydrogens (tertiary/aromatic N) is 5. The van der Waals surface area contributed by atoms with Gasteiger partial charge in [-0.2, -0.15) is 0 Å². The molecule has 2 aliphatic heterocycles. The van der Waals surface area contributed by atoms with Crippen molar-refractivity contribution in [3.05, 3.63) is 10.6 Å². The summed E-state index contributed by atoms with van der Waals surface area (Å²) in [4.78, 5) is 20.5. The van der Waals surface area contributed by atoms with E-state index >= 15 is 0 Å². The van der Waals surface area contributed by atoms with Crippen molar-refractivity contribution < 1.29 is 9.90 Å². The lowest BCUT2D eigenvalue weighted by molar-refractivity contribution is 0.0457. The van der Waals surface area contributed by atoms with E-state index in [0.717, 1.165) is 57.8 Å². The second kappa shape index (κ2) is 9.21. The van der Waals surface area contributed by atoms with Crippen molar-refractivity contribution in [2.45, 2.75) is 26.2 Å². The van der Waals surface area contributed by atoms with Gasteiger partial charge in [-0.25, -0.2) is 0 Å². The molecule has 2 atom stereocenters. The molecule has 146 valence electrons. The van der Waals surface area contributed by atoms with Crippen LogP contribution in [0.25, 0.3) is 0 Å². The van der Waals surface area contributed by atoms with Gasteiger partial charge in [0.1, 0.15) is 4.88 Å². The number of amides is 1. The van der Waals surface area contributed by atoms with E-state index in [1.807, 2.05) is 11.8 Å². The van der Waals surface area contributed by atoms with Crippen molar-refractivity contribution in [1.82, 2.24) is 24.3 Å². The summed E-state index contributed by atoms with van der Waals surface area (Å²) >= 11 is 1.19. The molecule has 2 saturated heterocycles. The number of aromatic nitrogens is 2. The molecule has 1 aromatic heterocycles. The molecule has 1 N–H and O–H groups in total. The average Bonchev–Trinajstić information content (AvgIpc) is 3.04. The molecule has 2 aliphatic rings. The van der Waals surface area contributed by atoms with E-state index in [9.17, 15) is 9.90 Å². The van der Waals surface area contributed by atoms with E-state index in [-0.39, 0.29) is 18.4 Å². The third-order valence-electron chi connectivity index (χ3n) is 5.58. The van der Waals surface area contributed by atoms with E-state index in [1.165, 1.54) is 18.0 Å². The highest BCUT2D eigenvalue weighted by molar-refractivity contribution is 7.08. The van der Waals surface area contributed by atoms with Crippen LogP contribution in [0.2, 0.25) is 0 Å². The van der Waals surface area contributed by atoms with Crippen LogP contribution in [-0.4, -0.2) is 94.8 Å². The number of aliphatic hydroxyl groups excluding tert-OH is 1. The first kappa shape index (κ1) is 19.7. The van der Waals surface area contributed by atoms with Crippen LogP contribution in [0.15, 0.2) is 0 Å². The summed E-state index contributed by atoms with van der Waals surface area (Å²) in [6, 6.07) is 0. The van der Waals surface area contributed by atoms with E-state index in [0.29, 0.717) is 17.3 Å². The van der Waals surface area contributed by atoms with E-state index in [1.54, 1.807) is 0 Å². The molecule has 0 saturated carbocycles. The lowest BCUT2D eigenvalue weighted by Crippen LogP contribution is -2.48. The zero-order valence-electron chi connectivity index (χ0n) is 15.9. The lowest BCUT2D eigenvalue weighted by atomic mass is 9.89. The fourth-order valence-electron chi connectivity index (χ4n) is 4.14. The Morgan fingerprint density at radius 2 is 2.04 bits per heavy atom. The van der Waals surface area contributed by atoms with Crippen molar-refractivity contribution in [3.8, 4) is 0 Å². The second-order valence-corrected chi connectivity index (χ2v) is 8.47. The first-order valence-electron chi connectivity index (χ1n) is 9.73. The Hall–Kier alpha value is -1.09. The van der Waals surface area contributed by atoms with E-state index in [4.69, 9.17) is 0 Å². The van der Waals surface area contributed by atoms with Crippen molar-refractivity contribution in [3.63, 3.8) is 0 Å². The molecular weight excluding hydrogens is 350 g/mol. The number of likely N-dealkylation sites (N-methyl/N-ethyl adjacent to an activating group) is 1. The monoisotopic (exact) mass is 381 g/mol. The number of aryl methyl sites for hydroxylation is 1. The van der Waals surface area contributed by atoms with Crippen molar-refractivity contribution in [1.29, 1.82) is 0 Å². The first-order valence-corrected chi connectivity index (χ1v) is 10.5. The highest BCUT2D eigenvalue weighted by Crippen LogP contribution is 2.26. The minimum atomic E-state index is 0.0376. The molecule has 26 heavy (non-hydrogen) atoms. The summed E-state index contributed by atoms with van der Waals surface area (Å²) in [5, 5.41) is 13.8. The molecule has 0 bridgehead atoms. The predicted molar refractivity (Wildman–Crippen MR) is 102 cm³/mol.